The Hall–Kier alpha value is -1.93. The van der Waals surface area contributed by atoms with E-state index in [0.29, 0.717) is 12.5 Å². The van der Waals surface area contributed by atoms with Crippen LogP contribution >= 0.6 is 0 Å². The molecular formula is C20H37N7O. The third kappa shape index (κ3) is 8.84. The quantitative estimate of drug-likeness (QED) is 0.334. The first-order valence-corrected chi connectivity index (χ1v) is 10.5. The molecule has 1 aromatic rings. The molecule has 8 nitrogen and oxygen atoms in total. The maximum atomic E-state index is 5.65. The number of hydrogen-bond acceptors (Lipinski definition) is 6. The van der Waals surface area contributed by atoms with Crippen LogP contribution in [0.5, 0.6) is 0 Å². The molecule has 8 heteroatoms. The van der Waals surface area contributed by atoms with Gasteiger partial charge < -0.3 is 20.3 Å². The van der Waals surface area contributed by atoms with Crippen LogP contribution in [0.25, 0.3) is 0 Å². The monoisotopic (exact) mass is 391 g/mol. The van der Waals surface area contributed by atoms with Gasteiger partial charge in [-0.25, -0.2) is 9.97 Å². The van der Waals surface area contributed by atoms with Crippen LogP contribution in [0.3, 0.4) is 0 Å². The Kier molecular flexibility index (Phi) is 10.6. The SMILES string of the molecule is CCNC(=NCCN1CCN(c2ncccn2)CC1)NCCOCCC(C)C. The van der Waals surface area contributed by atoms with Crippen molar-refractivity contribution >= 4 is 11.9 Å². The molecule has 0 radical (unpaired) electrons. The smallest absolute Gasteiger partial charge is 0.225 e. The number of nitrogens with one attached hydrogen (secondary N) is 2. The van der Waals surface area contributed by atoms with Crippen molar-refractivity contribution in [2.75, 3.05) is 70.5 Å². The maximum absolute atomic E-state index is 5.65. The predicted molar refractivity (Wildman–Crippen MR) is 115 cm³/mol. The fraction of sp³-hybridized carbons (Fsp3) is 0.750. The summed E-state index contributed by atoms with van der Waals surface area (Å²) in [6, 6.07) is 1.85. The molecule has 2 heterocycles. The first-order valence-electron chi connectivity index (χ1n) is 10.5. The minimum atomic E-state index is 0.689. The molecule has 1 aromatic heterocycles. The van der Waals surface area contributed by atoms with Gasteiger partial charge in [0.25, 0.3) is 0 Å². The Labute approximate surface area is 169 Å². The van der Waals surface area contributed by atoms with Crippen LogP contribution in [0.1, 0.15) is 27.2 Å². The van der Waals surface area contributed by atoms with Crippen molar-refractivity contribution in [3.05, 3.63) is 18.5 Å². The van der Waals surface area contributed by atoms with Crippen molar-refractivity contribution in [3.8, 4) is 0 Å². The van der Waals surface area contributed by atoms with Gasteiger partial charge in [0.2, 0.25) is 5.95 Å². The molecule has 0 bridgehead atoms. The Morgan fingerprint density at radius 2 is 1.89 bits per heavy atom. The van der Waals surface area contributed by atoms with Crippen LogP contribution in [0.4, 0.5) is 5.95 Å². The van der Waals surface area contributed by atoms with E-state index in [0.717, 1.165) is 77.3 Å². The standard InChI is InChI=1S/C20H37N7O/c1-4-21-19(23-10-17-28-16-6-18(2)3)22-9-11-26-12-14-27(15-13-26)20-24-7-5-8-25-20/h5,7-8,18H,4,6,9-17H2,1-3H3,(H2,21,22,23). The first-order chi connectivity index (χ1) is 13.7. The van der Waals surface area contributed by atoms with Crippen molar-refractivity contribution in [2.24, 2.45) is 10.9 Å². The summed E-state index contributed by atoms with van der Waals surface area (Å²) in [6.45, 7) is 15.4. The van der Waals surface area contributed by atoms with E-state index < -0.39 is 0 Å². The van der Waals surface area contributed by atoms with Gasteiger partial charge in [0.1, 0.15) is 0 Å². The average molecular weight is 392 g/mol. The lowest BCUT2D eigenvalue weighted by Gasteiger charge is -2.34. The third-order valence-electron chi connectivity index (χ3n) is 4.62. The van der Waals surface area contributed by atoms with Gasteiger partial charge in [0.05, 0.1) is 13.2 Å². The van der Waals surface area contributed by atoms with Crippen molar-refractivity contribution in [1.29, 1.82) is 0 Å². The highest BCUT2D eigenvalue weighted by atomic mass is 16.5. The Bertz CT molecular complexity index is 545. The molecule has 158 valence electrons. The lowest BCUT2D eigenvalue weighted by atomic mass is 10.1. The molecule has 2 rings (SSSR count). The zero-order valence-corrected chi connectivity index (χ0v) is 17.7. The molecule has 0 amide bonds. The summed E-state index contributed by atoms with van der Waals surface area (Å²) in [7, 11) is 0. The Morgan fingerprint density at radius 1 is 1.14 bits per heavy atom. The molecule has 0 atom stereocenters. The minimum absolute atomic E-state index is 0.689. The van der Waals surface area contributed by atoms with Crippen LogP contribution in [-0.4, -0.2) is 86.4 Å². The number of aromatic nitrogens is 2. The van der Waals surface area contributed by atoms with E-state index in [4.69, 9.17) is 4.74 Å². The van der Waals surface area contributed by atoms with Crippen LogP contribution < -0.4 is 15.5 Å². The normalized spacial score (nSPS) is 15.9. The molecular weight excluding hydrogens is 354 g/mol. The zero-order chi connectivity index (χ0) is 20.0. The van der Waals surface area contributed by atoms with Gasteiger partial charge in [0.15, 0.2) is 5.96 Å². The molecule has 0 spiro atoms. The highest BCUT2D eigenvalue weighted by Crippen LogP contribution is 2.09. The second-order valence-electron chi connectivity index (χ2n) is 7.36. The van der Waals surface area contributed by atoms with Crippen molar-refractivity contribution in [1.82, 2.24) is 25.5 Å². The highest BCUT2D eigenvalue weighted by Gasteiger charge is 2.18. The zero-order valence-electron chi connectivity index (χ0n) is 17.7. The molecule has 0 aliphatic carbocycles. The second kappa shape index (κ2) is 13.3. The predicted octanol–water partition coefficient (Wildman–Crippen LogP) is 1.22. The van der Waals surface area contributed by atoms with Gasteiger partial charge in [-0.3, -0.25) is 9.89 Å². The van der Waals surface area contributed by atoms with Crippen LogP contribution in [0.15, 0.2) is 23.5 Å². The van der Waals surface area contributed by atoms with Gasteiger partial charge in [0, 0.05) is 64.8 Å². The van der Waals surface area contributed by atoms with Gasteiger partial charge in [-0.1, -0.05) is 13.8 Å². The second-order valence-corrected chi connectivity index (χ2v) is 7.36. The fourth-order valence-corrected chi connectivity index (χ4v) is 2.93. The van der Waals surface area contributed by atoms with Gasteiger partial charge >= 0.3 is 0 Å². The summed E-state index contributed by atoms with van der Waals surface area (Å²) in [5, 5.41) is 6.64. The maximum Gasteiger partial charge on any atom is 0.225 e. The lowest BCUT2D eigenvalue weighted by Crippen LogP contribution is -2.48. The van der Waals surface area contributed by atoms with Crippen LogP contribution in [-0.2, 0) is 4.74 Å². The van der Waals surface area contributed by atoms with E-state index in [1.54, 1.807) is 12.4 Å². The number of guanidine groups is 1. The van der Waals surface area contributed by atoms with Crippen LogP contribution in [0, 0.1) is 5.92 Å². The van der Waals surface area contributed by atoms with E-state index in [1.165, 1.54) is 0 Å². The minimum Gasteiger partial charge on any atom is -0.380 e. The molecule has 0 unspecified atom stereocenters. The number of ether oxygens (including phenoxy) is 1. The molecule has 1 fully saturated rings. The Balaban J connectivity index is 1.62. The number of piperazine rings is 1. The van der Waals surface area contributed by atoms with Crippen LogP contribution in [0.2, 0.25) is 0 Å². The van der Waals surface area contributed by atoms with E-state index >= 15 is 0 Å². The molecule has 0 saturated carbocycles. The van der Waals surface area contributed by atoms with E-state index in [1.807, 2.05) is 6.07 Å². The molecule has 1 saturated heterocycles. The van der Waals surface area contributed by atoms with E-state index in [9.17, 15) is 0 Å². The summed E-state index contributed by atoms with van der Waals surface area (Å²) in [5.41, 5.74) is 0. The summed E-state index contributed by atoms with van der Waals surface area (Å²) < 4.78 is 5.65. The molecule has 28 heavy (non-hydrogen) atoms. The van der Waals surface area contributed by atoms with Crippen molar-refractivity contribution < 1.29 is 4.74 Å². The summed E-state index contributed by atoms with van der Waals surface area (Å²) in [6.07, 6.45) is 4.71. The average Bonchev–Trinajstić information content (AvgIpc) is 2.71. The van der Waals surface area contributed by atoms with E-state index in [2.05, 4.69) is 56.2 Å². The number of aliphatic imine (C=N–C) groups is 1. The molecule has 1 aliphatic heterocycles. The topological polar surface area (TPSA) is 77.9 Å². The summed E-state index contributed by atoms with van der Waals surface area (Å²) in [5.74, 6) is 2.38. The van der Waals surface area contributed by atoms with E-state index in [-0.39, 0.29) is 0 Å². The first kappa shape index (κ1) is 22.4. The summed E-state index contributed by atoms with van der Waals surface area (Å²) >= 11 is 0. The largest absolute Gasteiger partial charge is 0.380 e. The number of nitrogens with zero attached hydrogens (tertiary/aromatic N) is 5. The van der Waals surface area contributed by atoms with Gasteiger partial charge in [-0.15, -0.1) is 0 Å². The summed E-state index contributed by atoms with van der Waals surface area (Å²) in [4.78, 5) is 18.0. The molecule has 1 aliphatic rings. The third-order valence-corrected chi connectivity index (χ3v) is 4.62. The van der Waals surface area contributed by atoms with Gasteiger partial charge in [-0.05, 0) is 25.3 Å². The number of hydrogen-bond donors (Lipinski definition) is 2. The number of anilines is 1. The molecule has 0 aromatic carbocycles. The lowest BCUT2D eigenvalue weighted by molar-refractivity contribution is 0.128. The van der Waals surface area contributed by atoms with Gasteiger partial charge in [-0.2, -0.15) is 0 Å². The van der Waals surface area contributed by atoms with Crippen molar-refractivity contribution in [2.45, 2.75) is 27.2 Å². The highest BCUT2D eigenvalue weighted by molar-refractivity contribution is 5.79. The number of rotatable bonds is 11. The molecule has 2 N–H and O–H groups in total. The van der Waals surface area contributed by atoms with Crippen molar-refractivity contribution in [3.63, 3.8) is 0 Å². The Morgan fingerprint density at radius 3 is 2.57 bits per heavy atom. The fourth-order valence-electron chi connectivity index (χ4n) is 2.93.